The minimum Gasteiger partial charge on any atom is -0.870 e. The molecule has 1 N–H and O–H groups in total. The van der Waals surface area contributed by atoms with Gasteiger partial charge in [-0.15, -0.1) is 0 Å². The number of hydrogen-bond acceptors (Lipinski definition) is 4. The fourth-order valence-corrected chi connectivity index (χ4v) is 3.76. The van der Waals surface area contributed by atoms with Crippen LogP contribution in [0.2, 0.25) is 0 Å². The first kappa shape index (κ1) is 27.0. The van der Waals surface area contributed by atoms with Crippen molar-refractivity contribution in [3.05, 3.63) is 48.0 Å². The van der Waals surface area contributed by atoms with Crippen molar-refractivity contribution in [1.82, 2.24) is 0 Å². The monoisotopic (exact) mass is 442 g/mol. The summed E-state index contributed by atoms with van der Waals surface area (Å²) in [5.74, 6) is -0.0925. The van der Waals surface area contributed by atoms with E-state index in [1.54, 1.807) is 6.07 Å². The van der Waals surface area contributed by atoms with Gasteiger partial charge in [0.25, 0.3) is 10.1 Å². The van der Waals surface area contributed by atoms with Gasteiger partial charge in [-0.1, -0.05) is 82.2 Å². The van der Waals surface area contributed by atoms with E-state index in [4.69, 9.17) is 9.29 Å². The van der Waals surface area contributed by atoms with Gasteiger partial charge in [0, 0.05) is 6.07 Å². The van der Waals surface area contributed by atoms with Crippen molar-refractivity contribution in [1.29, 1.82) is 0 Å². The molecule has 0 aliphatic heterocycles. The van der Waals surface area contributed by atoms with Crippen LogP contribution >= 0.6 is 0 Å². The summed E-state index contributed by atoms with van der Waals surface area (Å²) in [6, 6.07) is 10.6. The Kier molecular flexibility index (Phi) is 12.7. The number of ether oxygens (including phenoxy) is 1. The van der Waals surface area contributed by atoms with Crippen molar-refractivity contribution in [3.63, 3.8) is 0 Å². The normalized spacial score (nSPS) is 11.1. The Morgan fingerprint density at radius 2 is 1.53 bits per heavy atom. The molecular formula is C23H31NaO5S. The summed E-state index contributed by atoms with van der Waals surface area (Å²) in [6.45, 7) is 2.23. The predicted octanol–water partition coefficient (Wildman–Crippen LogP) is 2.88. The predicted molar refractivity (Wildman–Crippen MR) is 113 cm³/mol. The molecule has 2 rings (SSSR count). The molecule has 0 saturated heterocycles. The number of rotatable bonds is 13. The average molecular weight is 443 g/mol. The molecule has 0 amide bonds. The Morgan fingerprint density at radius 3 is 2.17 bits per heavy atom. The minimum absolute atomic E-state index is 0. The molecule has 0 aromatic heterocycles. The van der Waals surface area contributed by atoms with Crippen molar-refractivity contribution in [3.8, 4) is 17.2 Å². The van der Waals surface area contributed by atoms with Crippen molar-refractivity contribution in [2.45, 2.75) is 76.0 Å². The maximum absolute atomic E-state index is 11.9. The second-order valence-electron chi connectivity index (χ2n) is 7.41. The molecule has 0 aliphatic rings. The molecule has 30 heavy (non-hydrogen) atoms. The van der Waals surface area contributed by atoms with E-state index >= 15 is 0 Å². The van der Waals surface area contributed by atoms with Gasteiger partial charge in [0.1, 0.15) is 11.5 Å². The van der Waals surface area contributed by atoms with Gasteiger partial charge >= 0.3 is 29.6 Å². The Labute approximate surface area is 202 Å². The second kappa shape index (κ2) is 14.1. The van der Waals surface area contributed by atoms with E-state index < -0.39 is 15.9 Å². The molecule has 0 unspecified atom stereocenters. The van der Waals surface area contributed by atoms with E-state index in [1.807, 2.05) is 18.2 Å². The molecule has 0 fully saturated rings. The Hall–Kier alpha value is -1.05. The number of unbranched alkanes of at least 4 members (excludes halogenated alkanes) is 8. The standard InChI is InChI=1S/C23H32O5S.Na/c1-2-3-4-5-6-7-8-9-10-12-19-13-11-14-20(17-19)28-23-18-21(29(25,26)27)15-16-22(23)24;/h11,13-18,24H,2-10,12H2,1H3,(H,25,26,27);/q;+1/p-1. The van der Waals surface area contributed by atoms with Gasteiger partial charge in [0.2, 0.25) is 0 Å². The maximum atomic E-state index is 11.9. The molecule has 160 valence electrons. The summed E-state index contributed by atoms with van der Waals surface area (Å²) in [6.07, 6.45) is 12.4. The Morgan fingerprint density at radius 1 is 0.900 bits per heavy atom. The third-order valence-corrected chi connectivity index (χ3v) is 5.76. The molecule has 0 atom stereocenters. The Balaban J connectivity index is 0.00000450. The van der Waals surface area contributed by atoms with Gasteiger partial charge in [0.05, 0.1) is 4.90 Å². The van der Waals surface area contributed by atoms with Crippen LogP contribution in [0.4, 0.5) is 0 Å². The van der Waals surface area contributed by atoms with Gasteiger partial charge in [-0.05, 0) is 36.6 Å². The van der Waals surface area contributed by atoms with E-state index in [1.165, 1.54) is 51.4 Å². The van der Waals surface area contributed by atoms with Crippen LogP contribution in [0.1, 0.15) is 70.3 Å². The fourth-order valence-electron chi connectivity index (χ4n) is 3.26. The summed E-state index contributed by atoms with van der Waals surface area (Å²) in [5, 5.41) is 11.9. The summed E-state index contributed by atoms with van der Waals surface area (Å²) in [7, 11) is -4.39. The second-order valence-corrected chi connectivity index (χ2v) is 8.83. The third kappa shape index (κ3) is 9.84. The molecule has 0 radical (unpaired) electrons. The largest absolute Gasteiger partial charge is 1.00 e. The van der Waals surface area contributed by atoms with Gasteiger partial charge in [-0.25, -0.2) is 0 Å². The molecule has 0 heterocycles. The summed E-state index contributed by atoms with van der Waals surface area (Å²) >= 11 is 0. The van der Waals surface area contributed by atoms with Crippen LogP contribution in [-0.2, 0) is 16.5 Å². The zero-order valence-electron chi connectivity index (χ0n) is 18.1. The topological polar surface area (TPSA) is 86.7 Å². The van der Waals surface area contributed by atoms with Crippen LogP contribution in [0.15, 0.2) is 47.4 Å². The van der Waals surface area contributed by atoms with Crippen molar-refractivity contribution >= 4 is 10.1 Å². The SMILES string of the molecule is CCCCCCCCCCCc1cccc(Oc2cc(S(=O)(=O)O)ccc2[O-])c1.[Na+]. The van der Waals surface area contributed by atoms with Crippen LogP contribution < -0.4 is 39.4 Å². The number of hydrogen-bond donors (Lipinski definition) is 1. The Bertz CT molecular complexity index is 868. The van der Waals surface area contributed by atoms with Crippen molar-refractivity contribution < 1.29 is 52.4 Å². The molecule has 2 aromatic rings. The maximum Gasteiger partial charge on any atom is 1.00 e. The van der Waals surface area contributed by atoms with E-state index in [2.05, 4.69) is 6.92 Å². The van der Waals surface area contributed by atoms with Crippen LogP contribution in [0.3, 0.4) is 0 Å². The summed E-state index contributed by atoms with van der Waals surface area (Å²) in [4.78, 5) is -0.363. The third-order valence-electron chi connectivity index (χ3n) is 4.91. The molecule has 2 aromatic carbocycles. The molecule has 0 aliphatic carbocycles. The molecule has 0 saturated carbocycles. The van der Waals surface area contributed by atoms with E-state index in [0.717, 1.165) is 36.6 Å². The van der Waals surface area contributed by atoms with Gasteiger partial charge < -0.3 is 9.84 Å². The van der Waals surface area contributed by atoms with Crippen LogP contribution in [-0.4, -0.2) is 13.0 Å². The van der Waals surface area contributed by atoms with E-state index in [9.17, 15) is 13.5 Å². The van der Waals surface area contributed by atoms with Gasteiger partial charge in [-0.2, -0.15) is 8.42 Å². The first-order valence-corrected chi connectivity index (χ1v) is 11.9. The van der Waals surface area contributed by atoms with Crippen LogP contribution in [0.5, 0.6) is 17.2 Å². The first-order valence-electron chi connectivity index (χ1n) is 10.5. The molecule has 0 spiro atoms. The van der Waals surface area contributed by atoms with E-state index in [0.29, 0.717) is 5.75 Å². The number of aryl methyl sites for hydroxylation is 1. The van der Waals surface area contributed by atoms with E-state index in [-0.39, 0.29) is 40.2 Å². The summed E-state index contributed by atoms with van der Waals surface area (Å²) in [5.41, 5.74) is 1.11. The zero-order valence-corrected chi connectivity index (χ0v) is 20.9. The first-order chi connectivity index (χ1) is 13.9. The summed E-state index contributed by atoms with van der Waals surface area (Å²) < 4.78 is 37.3. The zero-order chi connectivity index (χ0) is 21.1. The number of benzene rings is 2. The molecule has 5 nitrogen and oxygen atoms in total. The smallest absolute Gasteiger partial charge is 0.870 e. The van der Waals surface area contributed by atoms with Crippen molar-refractivity contribution in [2.24, 2.45) is 0 Å². The molecular weight excluding hydrogens is 411 g/mol. The molecule has 0 bridgehead atoms. The van der Waals surface area contributed by atoms with Crippen LogP contribution in [0, 0.1) is 0 Å². The minimum atomic E-state index is -4.39. The van der Waals surface area contributed by atoms with Crippen LogP contribution in [0.25, 0.3) is 0 Å². The van der Waals surface area contributed by atoms with Gasteiger partial charge in [-0.3, -0.25) is 4.55 Å². The quantitative estimate of drug-likeness (QED) is 0.293. The molecule has 7 heteroatoms. The van der Waals surface area contributed by atoms with Gasteiger partial charge in [0.15, 0.2) is 0 Å². The fraction of sp³-hybridized carbons (Fsp3) is 0.478. The average Bonchev–Trinajstić information content (AvgIpc) is 2.68. The van der Waals surface area contributed by atoms with Crippen molar-refractivity contribution in [2.75, 3.05) is 0 Å².